The van der Waals surface area contributed by atoms with Gasteiger partial charge in [-0.2, -0.15) is 0 Å². The fourth-order valence-electron chi connectivity index (χ4n) is 4.80. The van der Waals surface area contributed by atoms with E-state index >= 15 is 0 Å². The van der Waals surface area contributed by atoms with Gasteiger partial charge in [-0.1, -0.05) is 0 Å². The Balaban J connectivity index is 1.24. The maximum Gasteiger partial charge on any atom is 0.415 e. The van der Waals surface area contributed by atoms with Gasteiger partial charge in [-0.05, 0) is 63.1 Å². The number of methoxy groups -OCH3 is 1. The second kappa shape index (κ2) is 9.77. The summed E-state index contributed by atoms with van der Waals surface area (Å²) in [6.45, 7) is 3.76. The molecular formula is C26H28N4O5. The number of piperidine rings is 1. The number of carbonyl (C=O) groups excluding carboxylic acids is 1. The molecule has 182 valence electrons. The van der Waals surface area contributed by atoms with Crippen molar-refractivity contribution in [3.63, 3.8) is 0 Å². The summed E-state index contributed by atoms with van der Waals surface area (Å²) in [7, 11) is 1.60. The number of fused-ring (bicyclic) bond motifs is 2. The lowest BCUT2D eigenvalue weighted by Crippen LogP contribution is -2.50. The van der Waals surface area contributed by atoms with E-state index in [0.717, 1.165) is 36.9 Å². The van der Waals surface area contributed by atoms with Gasteiger partial charge in [0.1, 0.15) is 23.9 Å². The van der Waals surface area contributed by atoms with E-state index in [-0.39, 0.29) is 24.3 Å². The van der Waals surface area contributed by atoms with Crippen molar-refractivity contribution >= 4 is 6.09 Å². The first-order chi connectivity index (χ1) is 17.0. The summed E-state index contributed by atoms with van der Waals surface area (Å²) in [5.74, 6) is 2.79. The molecule has 1 amide bonds. The molecule has 2 atom stereocenters. The number of aromatic nitrogens is 3. The number of carbonyl (C=O) groups is 1. The largest absolute Gasteiger partial charge is 0.497 e. The highest BCUT2D eigenvalue weighted by Crippen LogP contribution is 2.39. The maximum atomic E-state index is 12.9. The van der Waals surface area contributed by atoms with Crippen molar-refractivity contribution in [2.75, 3.05) is 7.11 Å². The van der Waals surface area contributed by atoms with Crippen molar-refractivity contribution < 1.29 is 23.7 Å². The van der Waals surface area contributed by atoms with Gasteiger partial charge >= 0.3 is 6.09 Å². The van der Waals surface area contributed by atoms with Crippen molar-refractivity contribution in [3.8, 4) is 29.0 Å². The van der Waals surface area contributed by atoms with Crippen molar-refractivity contribution in [3.05, 3.63) is 60.2 Å². The Labute approximate surface area is 204 Å². The van der Waals surface area contributed by atoms with E-state index in [0.29, 0.717) is 29.0 Å². The quantitative estimate of drug-likeness (QED) is 0.498. The van der Waals surface area contributed by atoms with Crippen molar-refractivity contribution in [2.45, 2.75) is 57.7 Å². The second-order valence-corrected chi connectivity index (χ2v) is 8.85. The summed E-state index contributed by atoms with van der Waals surface area (Å²) in [6, 6.07) is 10.8. The molecule has 1 aromatic carbocycles. The second-order valence-electron chi connectivity index (χ2n) is 8.85. The Kier molecular flexibility index (Phi) is 6.39. The number of ether oxygens (including phenoxy) is 4. The molecule has 3 aromatic rings. The summed E-state index contributed by atoms with van der Waals surface area (Å²) < 4.78 is 23.1. The fourth-order valence-corrected chi connectivity index (χ4v) is 4.80. The topological polar surface area (TPSA) is 95.9 Å². The number of rotatable bonds is 6. The smallest absolute Gasteiger partial charge is 0.415 e. The zero-order chi connectivity index (χ0) is 24.4. The molecule has 2 bridgehead atoms. The lowest BCUT2D eigenvalue weighted by atomic mass is 10.0. The zero-order valence-electron chi connectivity index (χ0n) is 20.0. The normalized spacial score (nSPS) is 20.9. The summed E-state index contributed by atoms with van der Waals surface area (Å²) in [5, 5.41) is 0. The van der Waals surface area contributed by atoms with E-state index in [1.807, 2.05) is 30.9 Å². The summed E-state index contributed by atoms with van der Waals surface area (Å²) in [4.78, 5) is 27.7. The van der Waals surface area contributed by atoms with Gasteiger partial charge in [-0.3, -0.25) is 4.98 Å². The molecule has 5 rings (SSSR count). The van der Waals surface area contributed by atoms with E-state index in [1.165, 1.54) is 6.33 Å². The van der Waals surface area contributed by atoms with E-state index < -0.39 is 0 Å². The van der Waals surface area contributed by atoms with Crippen molar-refractivity contribution in [1.29, 1.82) is 0 Å². The van der Waals surface area contributed by atoms with Crippen LogP contribution in [0.3, 0.4) is 0 Å². The molecule has 2 saturated heterocycles. The van der Waals surface area contributed by atoms with E-state index in [1.54, 1.807) is 37.6 Å². The van der Waals surface area contributed by atoms with E-state index in [9.17, 15) is 4.79 Å². The van der Waals surface area contributed by atoms with Crippen LogP contribution in [0, 0.1) is 13.8 Å². The molecule has 0 radical (unpaired) electrons. The van der Waals surface area contributed by atoms with Gasteiger partial charge in [-0.15, -0.1) is 0 Å². The number of aryl methyl sites for hydroxylation is 1. The Hall–Kier alpha value is -3.88. The molecule has 0 N–H and O–H groups in total. The highest BCUT2D eigenvalue weighted by molar-refractivity contribution is 5.72. The highest BCUT2D eigenvalue weighted by atomic mass is 16.6. The molecule has 2 unspecified atom stereocenters. The van der Waals surface area contributed by atoms with Crippen LogP contribution in [0.1, 0.15) is 36.9 Å². The molecule has 0 aliphatic carbocycles. The van der Waals surface area contributed by atoms with Gasteiger partial charge in [0.25, 0.3) is 0 Å². The van der Waals surface area contributed by atoms with Crippen LogP contribution in [0.15, 0.2) is 48.9 Å². The number of benzene rings is 1. The average Bonchev–Trinajstić information content (AvgIpc) is 3.14. The molecule has 9 nitrogen and oxygen atoms in total. The van der Waals surface area contributed by atoms with Crippen molar-refractivity contribution in [1.82, 2.24) is 19.9 Å². The van der Waals surface area contributed by atoms with Crippen LogP contribution in [0.2, 0.25) is 0 Å². The van der Waals surface area contributed by atoms with Gasteiger partial charge in [0, 0.05) is 31.1 Å². The Morgan fingerprint density at radius 2 is 1.63 bits per heavy atom. The van der Waals surface area contributed by atoms with Crippen LogP contribution in [0.4, 0.5) is 4.79 Å². The fraction of sp³-hybridized carbons (Fsp3) is 0.385. The Morgan fingerprint density at radius 3 is 2.31 bits per heavy atom. The molecule has 0 saturated carbocycles. The van der Waals surface area contributed by atoms with Gasteiger partial charge in [0.05, 0.1) is 18.4 Å². The molecule has 2 fully saturated rings. The van der Waals surface area contributed by atoms with Gasteiger partial charge in [0.15, 0.2) is 5.75 Å². The lowest BCUT2D eigenvalue weighted by molar-refractivity contribution is 0.0502. The van der Waals surface area contributed by atoms with Crippen molar-refractivity contribution in [2.24, 2.45) is 0 Å². The Bertz CT molecular complexity index is 1190. The van der Waals surface area contributed by atoms with Crippen LogP contribution in [-0.4, -0.2) is 51.2 Å². The monoisotopic (exact) mass is 476 g/mol. The van der Waals surface area contributed by atoms with E-state index in [4.69, 9.17) is 18.9 Å². The molecule has 4 heterocycles. The van der Waals surface area contributed by atoms with Gasteiger partial charge < -0.3 is 23.8 Å². The van der Waals surface area contributed by atoms with Crippen LogP contribution in [0.5, 0.6) is 29.0 Å². The standard InChI is InChI=1S/C26H28N4O5/c1-16-24(28-15-29-25(16)35-23-5-4-12-27-17(23)2)33-22-13-18-6-7-19(14-22)30(18)26(31)34-21-10-8-20(32-3)9-11-21/h4-5,8-12,15,18-19,22H,6-7,13-14H2,1-3H3. The third kappa shape index (κ3) is 4.84. The molecule has 35 heavy (non-hydrogen) atoms. The molecule has 2 aromatic heterocycles. The minimum Gasteiger partial charge on any atom is -0.497 e. The minimum absolute atomic E-state index is 0.0564. The molecular weight excluding hydrogens is 448 g/mol. The number of nitrogens with zero attached hydrogens (tertiary/aromatic N) is 4. The molecule has 9 heteroatoms. The van der Waals surface area contributed by atoms with Crippen LogP contribution in [-0.2, 0) is 0 Å². The van der Waals surface area contributed by atoms with E-state index in [2.05, 4.69) is 15.0 Å². The van der Waals surface area contributed by atoms with Gasteiger partial charge in [-0.25, -0.2) is 14.8 Å². The first-order valence-corrected chi connectivity index (χ1v) is 11.7. The first-order valence-electron chi connectivity index (χ1n) is 11.7. The maximum absolute atomic E-state index is 12.9. The third-order valence-corrected chi connectivity index (χ3v) is 6.60. The molecule has 2 aliphatic heterocycles. The zero-order valence-corrected chi connectivity index (χ0v) is 20.0. The van der Waals surface area contributed by atoms with Crippen LogP contribution < -0.4 is 18.9 Å². The predicted octanol–water partition coefficient (Wildman–Crippen LogP) is 4.86. The summed E-state index contributed by atoms with van der Waals surface area (Å²) >= 11 is 0. The lowest BCUT2D eigenvalue weighted by Gasteiger charge is -2.37. The third-order valence-electron chi connectivity index (χ3n) is 6.60. The number of amides is 1. The summed E-state index contributed by atoms with van der Waals surface area (Å²) in [6.07, 6.45) is 6.08. The molecule has 2 aliphatic rings. The summed E-state index contributed by atoms with van der Waals surface area (Å²) in [5.41, 5.74) is 1.50. The van der Waals surface area contributed by atoms with Gasteiger partial charge in [0.2, 0.25) is 11.8 Å². The molecule has 0 spiro atoms. The van der Waals surface area contributed by atoms with Crippen LogP contribution in [0.25, 0.3) is 0 Å². The SMILES string of the molecule is COc1ccc(OC(=O)N2C3CCC2CC(Oc2ncnc(Oc4cccnc4C)c2C)C3)cc1. The Morgan fingerprint density at radius 1 is 0.943 bits per heavy atom. The number of pyridine rings is 1. The number of hydrogen-bond acceptors (Lipinski definition) is 8. The first kappa shape index (κ1) is 22.9. The van der Waals surface area contributed by atoms with Crippen LogP contribution >= 0.6 is 0 Å². The minimum atomic E-state index is -0.318. The predicted molar refractivity (Wildman–Crippen MR) is 127 cm³/mol. The highest BCUT2D eigenvalue weighted by Gasteiger charge is 2.45. The average molecular weight is 477 g/mol. The number of hydrogen-bond donors (Lipinski definition) is 0.